The predicted molar refractivity (Wildman–Crippen MR) is 95.5 cm³/mol. The van der Waals surface area contributed by atoms with Crippen molar-refractivity contribution in [1.29, 1.82) is 0 Å². The molecule has 2 N–H and O–H groups in total. The quantitative estimate of drug-likeness (QED) is 0.761. The molecule has 2 amide bonds. The number of sulfonamides is 1. The maximum Gasteiger partial charge on any atom is 0.416 e. The highest BCUT2D eigenvalue weighted by Gasteiger charge is 2.33. The van der Waals surface area contributed by atoms with Crippen molar-refractivity contribution in [2.45, 2.75) is 44.9 Å². The van der Waals surface area contributed by atoms with E-state index >= 15 is 0 Å². The lowest BCUT2D eigenvalue weighted by atomic mass is 10.1. The van der Waals surface area contributed by atoms with Gasteiger partial charge in [0.15, 0.2) is 0 Å². The zero-order valence-corrected chi connectivity index (χ0v) is 15.9. The topological polar surface area (TPSA) is 78.5 Å². The van der Waals surface area contributed by atoms with Crippen LogP contribution in [0.5, 0.6) is 0 Å². The Labute approximate surface area is 157 Å². The Morgan fingerprint density at radius 3 is 2.44 bits per heavy atom. The molecule has 0 radical (unpaired) electrons. The monoisotopic (exact) mass is 407 g/mol. The number of hydrogen-bond donors (Lipinski definition) is 2. The zero-order valence-electron chi connectivity index (χ0n) is 15.1. The van der Waals surface area contributed by atoms with Gasteiger partial charge in [-0.25, -0.2) is 17.5 Å². The Hall–Kier alpha value is -1.81. The van der Waals surface area contributed by atoms with Crippen molar-refractivity contribution in [3.8, 4) is 0 Å². The van der Waals surface area contributed by atoms with Crippen LogP contribution in [0.4, 0.5) is 18.0 Å². The SMILES string of the molecule is CCCS(=O)(=O)N1CCC(NC(=O)NCc2ccccc2C(F)(F)F)CC1. The second kappa shape index (κ2) is 8.92. The van der Waals surface area contributed by atoms with E-state index in [4.69, 9.17) is 0 Å². The molecule has 10 heteroatoms. The average molecular weight is 407 g/mol. The van der Waals surface area contributed by atoms with Gasteiger partial charge in [-0.05, 0) is 30.9 Å². The van der Waals surface area contributed by atoms with E-state index in [2.05, 4.69) is 10.6 Å². The summed E-state index contributed by atoms with van der Waals surface area (Å²) in [6, 6.07) is 4.29. The van der Waals surface area contributed by atoms with Gasteiger partial charge in [0.1, 0.15) is 0 Å². The number of carbonyl (C=O) groups excluding carboxylic acids is 1. The van der Waals surface area contributed by atoms with Crippen molar-refractivity contribution >= 4 is 16.1 Å². The van der Waals surface area contributed by atoms with E-state index in [1.807, 2.05) is 0 Å². The summed E-state index contributed by atoms with van der Waals surface area (Å²) in [5, 5.41) is 5.14. The fourth-order valence-electron chi connectivity index (χ4n) is 3.03. The second-order valence-corrected chi connectivity index (χ2v) is 8.56. The number of urea groups is 1. The molecule has 1 aromatic carbocycles. The number of alkyl halides is 3. The Kier molecular flexibility index (Phi) is 7.10. The van der Waals surface area contributed by atoms with E-state index in [0.717, 1.165) is 6.07 Å². The molecule has 6 nitrogen and oxygen atoms in total. The summed E-state index contributed by atoms with van der Waals surface area (Å²) in [4.78, 5) is 12.0. The summed E-state index contributed by atoms with van der Waals surface area (Å²) in [7, 11) is -3.25. The number of amides is 2. The fraction of sp³-hybridized carbons (Fsp3) is 0.588. The molecular formula is C17H24F3N3O3S. The maximum absolute atomic E-state index is 13.0. The highest BCUT2D eigenvalue weighted by atomic mass is 32.2. The van der Waals surface area contributed by atoms with Crippen LogP contribution in [0.3, 0.4) is 0 Å². The highest BCUT2D eigenvalue weighted by molar-refractivity contribution is 7.89. The third-order valence-corrected chi connectivity index (χ3v) is 6.48. The first kappa shape index (κ1) is 21.5. The van der Waals surface area contributed by atoms with Crippen LogP contribution in [0.25, 0.3) is 0 Å². The Morgan fingerprint density at radius 1 is 1.22 bits per heavy atom. The molecule has 0 aromatic heterocycles. The molecular weight excluding hydrogens is 383 g/mol. The third kappa shape index (κ3) is 6.10. The van der Waals surface area contributed by atoms with E-state index in [-0.39, 0.29) is 23.9 Å². The lowest BCUT2D eigenvalue weighted by Gasteiger charge is -2.31. The number of halogens is 3. The molecule has 1 aliphatic rings. The van der Waals surface area contributed by atoms with Crippen LogP contribution >= 0.6 is 0 Å². The second-order valence-electron chi connectivity index (χ2n) is 6.47. The first-order valence-corrected chi connectivity index (χ1v) is 10.4. The molecule has 1 aromatic rings. The van der Waals surface area contributed by atoms with Crippen molar-refractivity contribution in [2.24, 2.45) is 0 Å². The number of benzene rings is 1. The summed E-state index contributed by atoms with van der Waals surface area (Å²) >= 11 is 0. The number of rotatable bonds is 6. The van der Waals surface area contributed by atoms with E-state index in [1.165, 1.54) is 22.5 Å². The van der Waals surface area contributed by atoms with Crippen molar-refractivity contribution in [2.75, 3.05) is 18.8 Å². The number of nitrogens with zero attached hydrogens (tertiary/aromatic N) is 1. The van der Waals surface area contributed by atoms with Crippen LogP contribution in [-0.2, 0) is 22.7 Å². The number of hydrogen-bond acceptors (Lipinski definition) is 3. The summed E-state index contributed by atoms with van der Waals surface area (Å²) in [5.74, 6) is 0.101. The van der Waals surface area contributed by atoms with Crippen molar-refractivity contribution in [3.63, 3.8) is 0 Å². The molecule has 0 unspecified atom stereocenters. The first-order valence-electron chi connectivity index (χ1n) is 8.80. The highest BCUT2D eigenvalue weighted by Crippen LogP contribution is 2.31. The molecule has 1 aliphatic heterocycles. The molecule has 152 valence electrons. The maximum atomic E-state index is 13.0. The van der Waals surface area contributed by atoms with Crippen LogP contribution in [0, 0.1) is 0 Å². The lowest BCUT2D eigenvalue weighted by Crippen LogP contribution is -2.49. The van der Waals surface area contributed by atoms with Crippen molar-refractivity contribution < 1.29 is 26.4 Å². The van der Waals surface area contributed by atoms with Gasteiger partial charge < -0.3 is 10.6 Å². The molecule has 27 heavy (non-hydrogen) atoms. The molecule has 2 rings (SSSR count). The fourth-order valence-corrected chi connectivity index (χ4v) is 4.57. The Balaban J connectivity index is 1.83. The minimum absolute atomic E-state index is 0.0133. The number of nitrogens with one attached hydrogen (secondary N) is 2. The first-order chi connectivity index (χ1) is 12.6. The van der Waals surface area contributed by atoms with Crippen LogP contribution in [-0.4, -0.2) is 43.6 Å². The molecule has 0 spiro atoms. The average Bonchev–Trinajstić information content (AvgIpc) is 2.60. The molecule has 0 saturated carbocycles. The van der Waals surface area contributed by atoms with Gasteiger partial charge in [-0.2, -0.15) is 13.2 Å². The van der Waals surface area contributed by atoms with Gasteiger partial charge in [0.2, 0.25) is 10.0 Å². The molecule has 0 aliphatic carbocycles. The Bertz CT molecular complexity index is 745. The minimum Gasteiger partial charge on any atom is -0.335 e. The lowest BCUT2D eigenvalue weighted by molar-refractivity contribution is -0.138. The van der Waals surface area contributed by atoms with Gasteiger partial charge in [-0.15, -0.1) is 0 Å². The number of piperidine rings is 1. The molecule has 0 atom stereocenters. The number of carbonyl (C=O) groups is 1. The van der Waals surface area contributed by atoms with Crippen LogP contribution in [0.2, 0.25) is 0 Å². The smallest absolute Gasteiger partial charge is 0.335 e. The summed E-state index contributed by atoms with van der Waals surface area (Å²) in [6.07, 6.45) is -3.00. The van der Waals surface area contributed by atoms with E-state index < -0.39 is 27.8 Å². The molecule has 1 saturated heterocycles. The normalized spacial score (nSPS) is 16.9. The predicted octanol–water partition coefficient (Wildman–Crippen LogP) is 2.71. The summed E-state index contributed by atoms with van der Waals surface area (Å²) in [6.45, 7) is 2.20. The van der Waals surface area contributed by atoms with Crippen molar-refractivity contribution in [3.05, 3.63) is 35.4 Å². The van der Waals surface area contributed by atoms with Gasteiger partial charge in [0.05, 0.1) is 11.3 Å². The van der Waals surface area contributed by atoms with Crippen LogP contribution in [0.1, 0.15) is 37.3 Å². The van der Waals surface area contributed by atoms with Crippen molar-refractivity contribution in [1.82, 2.24) is 14.9 Å². The van der Waals surface area contributed by atoms with Gasteiger partial charge in [0, 0.05) is 25.7 Å². The van der Waals surface area contributed by atoms with E-state index in [1.54, 1.807) is 6.92 Å². The third-order valence-electron chi connectivity index (χ3n) is 4.41. The van der Waals surface area contributed by atoms with Crippen LogP contribution < -0.4 is 10.6 Å². The van der Waals surface area contributed by atoms with Crippen LogP contribution in [0.15, 0.2) is 24.3 Å². The summed E-state index contributed by atoms with van der Waals surface area (Å²) in [5.41, 5.74) is -0.791. The molecule has 0 bridgehead atoms. The van der Waals surface area contributed by atoms with Gasteiger partial charge >= 0.3 is 12.2 Å². The van der Waals surface area contributed by atoms with Gasteiger partial charge in [-0.1, -0.05) is 25.1 Å². The zero-order chi connectivity index (χ0) is 20.1. The Morgan fingerprint density at radius 2 is 1.85 bits per heavy atom. The molecule has 1 fully saturated rings. The minimum atomic E-state index is -4.48. The molecule has 1 heterocycles. The standard InChI is InChI=1S/C17H24F3N3O3S/c1-2-11-27(25,26)23-9-7-14(8-10-23)22-16(24)21-12-13-5-3-4-6-15(13)17(18,19)20/h3-6,14H,2,7-12H2,1H3,(H2,21,22,24). The van der Waals surface area contributed by atoms with Gasteiger partial charge in [-0.3, -0.25) is 0 Å². The van der Waals surface area contributed by atoms with E-state index in [0.29, 0.717) is 32.4 Å². The largest absolute Gasteiger partial charge is 0.416 e. The van der Waals surface area contributed by atoms with Gasteiger partial charge in [0.25, 0.3) is 0 Å². The van der Waals surface area contributed by atoms with E-state index in [9.17, 15) is 26.4 Å². The summed E-state index contributed by atoms with van der Waals surface area (Å²) < 4.78 is 64.3.